The first-order chi connectivity index (χ1) is 26.9. The maximum Gasteiger partial charge on any atom is 0.312 e. The van der Waals surface area contributed by atoms with E-state index in [-0.39, 0.29) is 55.5 Å². The molecule has 0 saturated carbocycles. The summed E-state index contributed by atoms with van der Waals surface area (Å²) in [6, 6.07) is 13.5. The van der Waals surface area contributed by atoms with Gasteiger partial charge in [-0.05, 0) is 74.3 Å². The summed E-state index contributed by atoms with van der Waals surface area (Å²) in [6.45, 7) is 3.87. The van der Waals surface area contributed by atoms with Crippen LogP contribution in [0.2, 0.25) is 0 Å². The third-order valence-corrected chi connectivity index (χ3v) is 8.72. The molecule has 0 spiro atoms. The number of nitrogens with two attached hydrogens (primary N) is 1. The summed E-state index contributed by atoms with van der Waals surface area (Å²) in [5.74, 6) is -1.92. The predicted molar refractivity (Wildman–Crippen MR) is 213 cm³/mol. The Morgan fingerprint density at radius 1 is 0.625 bits per heavy atom. The topological polar surface area (TPSA) is 239 Å². The Hall–Kier alpha value is -5.51. The van der Waals surface area contributed by atoms with Crippen molar-refractivity contribution in [2.24, 2.45) is 11.7 Å². The minimum Gasteiger partial charge on any atom is -0.359 e. The summed E-state index contributed by atoms with van der Waals surface area (Å²) in [6.07, 6.45) is 6.77. The molecule has 16 heteroatoms. The van der Waals surface area contributed by atoms with E-state index in [9.17, 15) is 33.6 Å². The van der Waals surface area contributed by atoms with E-state index in [0.717, 1.165) is 30.5 Å². The zero-order valence-corrected chi connectivity index (χ0v) is 32.9. The highest BCUT2D eigenvalue weighted by atomic mass is 16.6. The molecule has 0 aromatic heterocycles. The van der Waals surface area contributed by atoms with E-state index in [1.165, 1.54) is 0 Å². The molecule has 9 N–H and O–H groups in total. The first kappa shape index (κ1) is 46.6. The van der Waals surface area contributed by atoms with Gasteiger partial charge in [0.05, 0.1) is 6.61 Å². The Bertz CT molecular complexity index is 1540. The van der Waals surface area contributed by atoms with Crippen LogP contribution in [-0.2, 0) is 40.2 Å². The lowest BCUT2D eigenvalue weighted by Crippen LogP contribution is -2.54. The van der Waals surface area contributed by atoms with E-state index in [2.05, 4.69) is 37.4 Å². The number of rotatable bonds is 27. The van der Waals surface area contributed by atoms with Gasteiger partial charge in [0.2, 0.25) is 35.4 Å². The molecule has 0 aliphatic heterocycles. The highest BCUT2D eigenvalue weighted by Crippen LogP contribution is 2.14. The van der Waals surface area contributed by atoms with Gasteiger partial charge in [0.15, 0.2) is 0 Å². The zero-order chi connectivity index (χ0) is 41.1. The number of benzene rings is 2. The van der Waals surface area contributed by atoms with Crippen LogP contribution in [0.25, 0.3) is 0 Å². The first-order valence-corrected chi connectivity index (χ1v) is 19.4. The summed E-state index contributed by atoms with van der Waals surface area (Å²) >= 11 is 0. The number of hydrogen-bond donors (Lipinski definition) is 8. The van der Waals surface area contributed by atoms with Gasteiger partial charge in [-0.3, -0.25) is 33.6 Å². The van der Waals surface area contributed by atoms with Crippen LogP contribution in [0.15, 0.2) is 54.6 Å². The zero-order valence-electron chi connectivity index (χ0n) is 32.9. The van der Waals surface area contributed by atoms with Crippen molar-refractivity contribution in [2.75, 3.05) is 24.2 Å². The Morgan fingerprint density at radius 2 is 1.20 bits per heavy atom. The number of nitrogens with one attached hydrogen (secondary N) is 7. The van der Waals surface area contributed by atoms with Crippen LogP contribution in [0.5, 0.6) is 0 Å². The maximum atomic E-state index is 13.4. The molecule has 0 unspecified atom stereocenters. The second-order valence-electron chi connectivity index (χ2n) is 13.8. The van der Waals surface area contributed by atoms with Crippen molar-refractivity contribution in [3.05, 3.63) is 60.2 Å². The number of para-hydroxylation sites is 1. The minimum absolute atomic E-state index is 0.0313. The monoisotopic (exact) mass is 780 g/mol. The minimum atomic E-state index is -0.989. The standard InChI is InChI=1S/C40H60N8O8/c1-28(2)37(47-35(51)20-13-7-12-18-33(49)42-3)39(54)46-32(17-14-26-43-40(41)55)38(53)45-31-24-22-29(23-25-31)27-56-48-36(52)21-11-5-4-10-19-34(50)44-30-15-8-6-9-16-30/h6,8-9,15-16,22-25,28,32,37H,4-5,7,10-14,17-21,26-27H2,1-3H3,(H,42,49)(H,44,50)(H,45,53)(H,46,54)(H,47,51)(H,48,52)(H3,41,43,55)/t32-,37-/m0/s1. The van der Waals surface area contributed by atoms with Gasteiger partial charge in [-0.2, -0.15) is 0 Å². The van der Waals surface area contributed by atoms with E-state index in [1.54, 1.807) is 45.2 Å². The molecule has 0 heterocycles. The van der Waals surface area contributed by atoms with Gasteiger partial charge in [0.25, 0.3) is 0 Å². The summed E-state index contributed by atoms with van der Waals surface area (Å²) in [5, 5.41) is 16.2. The fraction of sp³-hybridized carbons (Fsp3) is 0.525. The highest BCUT2D eigenvalue weighted by Gasteiger charge is 2.28. The molecule has 0 fully saturated rings. The van der Waals surface area contributed by atoms with E-state index < -0.39 is 29.9 Å². The number of anilines is 2. The molecule has 56 heavy (non-hydrogen) atoms. The van der Waals surface area contributed by atoms with Gasteiger partial charge in [0.1, 0.15) is 12.1 Å². The number of hydrogen-bond acceptors (Lipinski definition) is 8. The van der Waals surface area contributed by atoms with E-state index in [1.807, 2.05) is 30.3 Å². The molecular weight excluding hydrogens is 720 g/mol. The first-order valence-electron chi connectivity index (χ1n) is 19.4. The summed E-state index contributed by atoms with van der Waals surface area (Å²) in [4.78, 5) is 91.6. The SMILES string of the molecule is CNC(=O)CCCCCC(=O)N[C@H](C(=O)N[C@@H](CCCNC(N)=O)C(=O)Nc1ccc(CONC(=O)CCCCCCC(=O)Nc2ccccc2)cc1)C(C)C. The Morgan fingerprint density at radius 3 is 1.80 bits per heavy atom. The fourth-order valence-corrected chi connectivity index (χ4v) is 5.54. The van der Waals surface area contributed by atoms with E-state index in [4.69, 9.17) is 10.6 Å². The number of hydroxylamine groups is 1. The number of carbonyl (C=O) groups excluding carboxylic acids is 7. The van der Waals surface area contributed by atoms with Crippen LogP contribution in [0, 0.1) is 5.92 Å². The van der Waals surface area contributed by atoms with Gasteiger partial charge in [-0.25, -0.2) is 10.3 Å². The van der Waals surface area contributed by atoms with Crippen molar-refractivity contribution in [1.29, 1.82) is 0 Å². The Kier molecular flexibility index (Phi) is 22.6. The number of unbranched alkanes of at least 4 members (excludes halogenated alkanes) is 5. The van der Waals surface area contributed by atoms with Crippen molar-refractivity contribution in [1.82, 2.24) is 26.7 Å². The molecule has 2 rings (SSSR count). The number of primary amides is 1. The van der Waals surface area contributed by atoms with Gasteiger partial charge >= 0.3 is 6.03 Å². The second kappa shape index (κ2) is 27.1. The van der Waals surface area contributed by atoms with Gasteiger partial charge in [-0.15, -0.1) is 0 Å². The van der Waals surface area contributed by atoms with Crippen LogP contribution in [0.1, 0.15) is 103 Å². The average Bonchev–Trinajstić information content (AvgIpc) is 3.16. The molecule has 2 aromatic carbocycles. The fourth-order valence-electron chi connectivity index (χ4n) is 5.54. The molecule has 308 valence electrons. The van der Waals surface area contributed by atoms with Crippen molar-refractivity contribution in [3.8, 4) is 0 Å². The Balaban J connectivity index is 1.79. The number of urea groups is 1. The van der Waals surface area contributed by atoms with Crippen LogP contribution in [0.4, 0.5) is 16.2 Å². The van der Waals surface area contributed by atoms with E-state index in [0.29, 0.717) is 57.1 Å². The van der Waals surface area contributed by atoms with Crippen LogP contribution in [-0.4, -0.2) is 67.2 Å². The molecule has 0 aliphatic carbocycles. The summed E-state index contributed by atoms with van der Waals surface area (Å²) in [7, 11) is 1.57. The predicted octanol–water partition coefficient (Wildman–Crippen LogP) is 3.92. The highest BCUT2D eigenvalue weighted by molar-refractivity contribution is 5.98. The lowest BCUT2D eigenvalue weighted by molar-refractivity contribution is -0.134. The van der Waals surface area contributed by atoms with Crippen molar-refractivity contribution < 1.29 is 38.4 Å². The van der Waals surface area contributed by atoms with Crippen LogP contribution >= 0.6 is 0 Å². The van der Waals surface area contributed by atoms with Crippen LogP contribution in [0.3, 0.4) is 0 Å². The molecule has 2 atom stereocenters. The number of amides is 8. The number of carbonyl (C=O) groups is 7. The molecule has 0 radical (unpaired) electrons. The Labute approximate surface area is 329 Å². The lowest BCUT2D eigenvalue weighted by Gasteiger charge is -2.25. The molecule has 0 aliphatic rings. The maximum absolute atomic E-state index is 13.4. The van der Waals surface area contributed by atoms with Crippen molar-refractivity contribution >= 4 is 52.8 Å². The molecule has 16 nitrogen and oxygen atoms in total. The molecular formula is C40H60N8O8. The molecule has 2 aromatic rings. The molecule has 0 saturated heterocycles. The van der Waals surface area contributed by atoms with Crippen molar-refractivity contribution in [3.63, 3.8) is 0 Å². The molecule has 0 bridgehead atoms. The van der Waals surface area contributed by atoms with E-state index >= 15 is 0 Å². The second-order valence-corrected chi connectivity index (χ2v) is 13.8. The largest absolute Gasteiger partial charge is 0.359 e. The quantitative estimate of drug-likeness (QED) is 0.0487. The summed E-state index contributed by atoms with van der Waals surface area (Å²) < 4.78 is 0. The van der Waals surface area contributed by atoms with Gasteiger partial charge < -0.3 is 37.6 Å². The van der Waals surface area contributed by atoms with Crippen molar-refractivity contribution in [2.45, 2.75) is 116 Å². The average molecular weight is 781 g/mol. The van der Waals surface area contributed by atoms with Crippen LogP contribution < -0.4 is 43.1 Å². The smallest absolute Gasteiger partial charge is 0.312 e. The van der Waals surface area contributed by atoms with Gasteiger partial charge in [0, 0.05) is 50.7 Å². The normalized spacial score (nSPS) is 11.8. The third kappa shape index (κ3) is 20.8. The lowest BCUT2D eigenvalue weighted by atomic mass is 10.0. The molecule has 8 amide bonds. The third-order valence-electron chi connectivity index (χ3n) is 8.72. The van der Waals surface area contributed by atoms with Gasteiger partial charge in [-0.1, -0.05) is 63.4 Å². The summed E-state index contributed by atoms with van der Waals surface area (Å²) in [5.41, 5.74) is 9.57.